The van der Waals surface area contributed by atoms with Gasteiger partial charge in [0, 0.05) is 41.1 Å². The van der Waals surface area contributed by atoms with Crippen molar-refractivity contribution in [2.75, 3.05) is 11.9 Å². The molecule has 252 valence electrons. The highest BCUT2D eigenvalue weighted by atomic mass is 16.5. The second-order valence-corrected chi connectivity index (χ2v) is 13.2. The van der Waals surface area contributed by atoms with E-state index in [-0.39, 0.29) is 18.6 Å². The van der Waals surface area contributed by atoms with E-state index in [1.54, 1.807) is 0 Å². The Morgan fingerprint density at radius 3 is 2.38 bits per heavy atom. The van der Waals surface area contributed by atoms with Gasteiger partial charge < -0.3 is 25.3 Å². The van der Waals surface area contributed by atoms with Crippen molar-refractivity contribution in [2.45, 2.75) is 18.6 Å². The van der Waals surface area contributed by atoms with E-state index in [4.69, 9.17) is 9.73 Å². The molecule has 0 spiro atoms. The summed E-state index contributed by atoms with van der Waals surface area (Å²) in [5, 5.41) is 16.5. The van der Waals surface area contributed by atoms with E-state index in [2.05, 4.69) is 140 Å². The fourth-order valence-corrected chi connectivity index (χ4v) is 7.53. The number of aliphatic imine (C=N–C) groups is 1. The number of rotatable bonds is 6. The van der Waals surface area contributed by atoms with Crippen molar-refractivity contribution < 1.29 is 4.74 Å². The van der Waals surface area contributed by atoms with Gasteiger partial charge >= 0.3 is 0 Å². The third-order valence-electron chi connectivity index (χ3n) is 10.1. The molecule has 3 atom stereocenters. The van der Waals surface area contributed by atoms with E-state index in [0.29, 0.717) is 0 Å². The molecule has 4 N–H and O–H groups in total. The Morgan fingerprint density at radius 2 is 1.54 bits per heavy atom. The number of nitrogens with zero attached hydrogens (tertiary/aromatic N) is 3. The molecule has 0 amide bonds. The minimum Gasteiger partial charge on any atom is -0.464 e. The second kappa shape index (κ2) is 12.6. The zero-order chi connectivity index (χ0) is 34.4. The van der Waals surface area contributed by atoms with Crippen molar-refractivity contribution in [3.8, 4) is 11.4 Å². The lowest BCUT2D eigenvalue weighted by molar-refractivity contribution is 0.263. The summed E-state index contributed by atoms with van der Waals surface area (Å²) in [6.45, 7) is 0.834. The lowest BCUT2D eigenvalue weighted by atomic mass is 10.0. The molecule has 0 radical (unpaired) electrons. The summed E-state index contributed by atoms with van der Waals surface area (Å²) in [6.07, 6.45) is 9.30. The lowest BCUT2D eigenvalue weighted by Gasteiger charge is -2.32. The Labute approximate surface area is 301 Å². The topological polar surface area (TPSA) is 87.5 Å². The molecule has 10 rings (SSSR count). The predicted octanol–water partition coefficient (Wildman–Crippen LogP) is 8.52. The van der Waals surface area contributed by atoms with Crippen LogP contribution in [0.25, 0.3) is 33.1 Å². The smallest absolute Gasteiger partial charge is 0.196 e. The van der Waals surface area contributed by atoms with Crippen LogP contribution in [-0.2, 0) is 0 Å². The van der Waals surface area contributed by atoms with E-state index in [1.165, 1.54) is 11.1 Å². The number of nitrogens with one attached hydrogen (secondary N) is 4. The second-order valence-electron chi connectivity index (χ2n) is 13.2. The number of hydrogen-bond donors (Lipinski definition) is 4. The van der Waals surface area contributed by atoms with Crippen molar-refractivity contribution >= 4 is 38.9 Å². The van der Waals surface area contributed by atoms with Gasteiger partial charge in [-0.1, -0.05) is 91.0 Å². The van der Waals surface area contributed by atoms with Crippen LogP contribution >= 0.6 is 0 Å². The van der Waals surface area contributed by atoms with E-state index < -0.39 is 0 Å². The number of allylic oxidation sites excluding steroid dienone is 2. The number of anilines is 1. The quantitative estimate of drug-likeness (QED) is 0.141. The molecule has 0 aliphatic carbocycles. The monoisotopic (exact) mass is 677 g/mol. The van der Waals surface area contributed by atoms with Crippen LogP contribution in [0.15, 0.2) is 163 Å². The summed E-state index contributed by atoms with van der Waals surface area (Å²) in [7, 11) is 0. The standard InChI is InChI=1S/C44H35N7O/c1-2-7-32(8-3-1)44-47-36-17-18-38-39(40(36)52-44)35-11-4-5-12-37(35)51(38)34-10-6-9-33(27-34)43-49-41(48-42(50-43)31-21-25-46-26-22-31)30-15-13-28(14-16-30)29-19-23-45-24-20-29/h1-23,25-27,41-42,44-45,47-48H,24H2,(H,49,50). The van der Waals surface area contributed by atoms with Crippen LogP contribution < -0.4 is 26.0 Å². The molecule has 3 aliphatic heterocycles. The molecule has 0 saturated carbocycles. The van der Waals surface area contributed by atoms with Crippen LogP contribution in [0, 0.1) is 0 Å². The number of fused-ring (bicyclic) bond motifs is 5. The van der Waals surface area contributed by atoms with Gasteiger partial charge in [0.1, 0.15) is 18.2 Å². The maximum atomic E-state index is 6.66. The Morgan fingerprint density at radius 1 is 0.692 bits per heavy atom. The summed E-state index contributed by atoms with van der Waals surface area (Å²) in [6, 6.07) is 44.6. The number of hydrogen-bond acceptors (Lipinski definition) is 7. The first-order chi connectivity index (χ1) is 25.8. The Balaban J connectivity index is 1.05. The van der Waals surface area contributed by atoms with Crippen LogP contribution in [0.3, 0.4) is 0 Å². The molecule has 2 aromatic heterocycles. The first-order valence-electron chi connectivity index (χ1n) is 17.6. The van der Waals surface area contributed by atoms with Gasteiger partial charge in [0.15, 0.2) is 12.0 Å². The van der Waals surface area contributed by atoms with Crippen molar-refractivity contribution in [1.29, 1.82) is 0 Å². The van der Waals surface area contributed by atoms with Crippen LogP contribution in [0.5, 0.6) is 5.75 Å². The Kier molecular flexibility index (Phi) is 7.32. The molecule has 5 heterocycles. The molecule has 52 heavy (non-hydrogen) atoms. The molecule has 3 unspecified atom stereocenters. The lowest BCUT2D eigenvalue weighted by Crippen LogP contribution is -2.45. The van der Waals surface area contributed by atoms with Gasteiger partial charge in [0.05, 0.1) is 22.1 Å². The van der Waals surface area contributed by atoms with Gasteiger partial charge in [-0.05, 0) is 77.0 Å². The first-order valence-corrected chi connectivity index (χ1v) is 17.6. The van der Waals surface area contributed by atoms with Gasteiger partial charge in [-0.15, -0.1) is 0 Å². The number of aromatic nitrogens is 2. The average Bonchev–Trinajstić information content (AvgIpc) is 3.82. The third-order valence-corrected chi connectivity index (χ3v) is 10.1. The number of dihydropyridines is 1. The molecule has 8 nitrogen and oxygen atoms in total. The summed E-state index contributed by atoms with van der Waals surface area (Å²) < 4.78 is 8.99. The van der Waals surface area contributed by atoms with Crippen LogP contribution in [0.1, 0.15) is 46.4 Å². The zero-order valence-corrected chi connectivity index (χ0v) is 28.2. The zero-order valence-electron chi connectivity index (χ0n) is 28.2. The fourth-order valence-electron chi connectivity index (χ4n) is 7.53. The van der Waals surface area contributed by atoms with Gasteiger partial charge in [0.2, 0.25) is 0 Å². The molecule has 5 aromatic carbocycles. The number of pyridine rings is 1. The molecule has 0 saturated heterocycles. The van der Waals surface area contributed by atoms with Crippen LogP contribution in [-0.4, -0.2) is 21.9 Å². The highest BCUT2D eigenvalue weighted by Gasteiger charge is 2.29. The SMILES string of the molecule is C1=CC(c2ccc(C3N=C(c4cccc(-n5c6ccccc6c6c7c(ccc65)NC(c5ccccc5)O7)c4)NC(c4ccncc4)N3)cc2)=CCN1. The molecule has 8 heteroatoms. The molecule has 0 fully saturated rings. The number of ether oxygens (including phenoxy) is 1. The van der Waals surface area contributed by atoms with Gasteiger partial charge in [0.25, 0.3) is 0 Å². The predicted molar refractivity (Wildman–Crippen MR) is 208 cm³/mol. The van der Waals surface area contributed by atoms with Crippen LogP contribution in [0.4, 0.5) is 5.69 Å². The average molecular weight is 678 g/mol. The highest BCUT2D eigenvalue weighted by molar-refractivity contribution is 6.14. The summed E-state index contributed by atoms with van der Waals surface area (Å²) in [4.78, 5) is 9.54. The van der Waals surface area contributed by atoms with Crippen molar-refractivity contribution in [3.05, 3.63) is 186 Å². The summed E-state index contributed by atoms with van der Waals surface area (Å²) >= 11 is 0. The molecular weight excluding hydrogens is 643 g/mol. The fraction of sp³-hybridized carbons (Fsp3) is 0.0909. The molecule has 7 aromatic rings. The maximum Gasteiger partial charge on any atom is 0.196 e. The first kappa shape index (κ1) is 30.2. The van der Waals surface area contributed by atoms with E-state index in [9.17, 15) is 0 Å². The van der Waals surface area contributed by atoms with Crippen molar-refractivity contribution in [3.63, 3.8) is 0 Å². The summed E-state index contributed by atoms with van der Waals surface area (Å²) in [5.41, 5.74) is 10.9. The van der Waals surface area contributed by atoms with E-state index >= 15 is 0 Å². The third kappa shape index (κ3) is 5.28. The van der Waals surface area contributed by atoms with Gasteiger partial charge in [-0.2, -0.15) is 0 Å². The van der Waals surface area contributed by atoms with Crippen LogP contribution in [0.2, 0.25) is 0 Å². The largest absolute Gasteiger partial charge is 0.464 e. The normalized spacial score (nSPS) is 19.2. The minimum absolute atomic E-state index is 0.170. The molecule has 0 bridgehead atoms. The Bertz CT molecular complexity index is 2540. The number of benzene rings is 5. The van der Waals surface area contributed by atoms with E-state index in [1.807, 2.05) is 48.9 Å². The van der Waals surface area contributed by atoms with Crippen molar-refractivity contribution in [2.24, 2.45) is 4.99 Å². The highest BCUT2D eigenvalue weighted by Crippen LogP contribution is 2.47. The summed E-state index contributed by atoms with van der Waals surface area (Å²) in [5.74, 6) is 1.70. The number of para-hydroxylation sites is 1. The minimum atomic E-state index is -0.261. The Hall–Kier alpha value is -6.64. The number of amidine groups is 1. The maximum absolute atomic E-state index is 6.66. The molecule has 3 aliphatic rings. The van der Waals surface area contributed by atoms with Gasteiger partial charge in [-0.3, -0.25) is 10.3 Å². The molecular formula is C44H35N7O. The van der Waals surface area contributed by atoms with E-state index in [0.717, 1.165) is 73.6 Å². The van der Waals surface area contributed by atoms with Gasteiger partial charge in [-0.25, -0.2) is 4.99 Å². The van der Waals surface area contributed by atoms with Crippen molar-refractivity contribution in [1.82, 2.24) is 25.5 Å².